The van der Waals surface area contributed by atoms with Gasteiger partial charge >= 0.3 is 0 Å². The molecule has 5 nitrogen and oxygen atoms in total. The van der Waals surface area contributed by atoms with Crippen molar-refractivity contribution in [3.8, 4) is 17.2 Å². The Morgan fingerprint density at radius 1 is 1.21 bits per heavy atom. The van der Waals surface area contributed by atoms with Crippen LogP contribution >= 0.6 is 12.4 Å². The topological polar surface area (TPSA) is 84.9 Å². The molecule has 1 aromatic rings. The fourth-order valence-electron chi connectivity index (χ4n) is 1.92. The average Bonchev–Trinajstić information content (AvgIpc) is 2.36. The zero-order chi connectivity index (χ0) is 13.7. The highest BCUT2D eigenvalue weighted by Crippen LogP contribution is 2.38. The van der Waals surface area contributed by atoms with Gasteiger partial charge in [0.2, 0.25) is 0 Å². The number of nitrogens with two attached hydrogens (primary N) is 1. The Morgan fingerprint density at radius 3 is 2.05 bits per heavy atom. The van der Waals surface area contributed by atoms with E-state index in [9.17, 15) is 10.2 Å². The summed E-state index contributed by atoms with van der Waals surface area (Å²) in [6.45, 7) is 1.97. The molecule has 0 bridgehead atoms. The number of rotatable bonds is 6. The summed E-state index contributed by atoms with van der Waals surface area (Å²) in [7, 11) is 2.97. The summed E-state index contributed by atoms with van der Waals surface area (Å²) < 4.78 is 10.4. The van der Waals surface area contributed by atoms with E-state index in [0.29, 0.717) is 23.5 Å². The summed E-state index contributed by atoms with van der Waals surface area (Å²) in [5, 5.41) is 19.5. The minimum Gasteiger partial charge on any atom is -0.508 e. The number of aromatic hydroxyl groups is 1. The fourth-order valence-corrected chi connectivity index (χ4v) is 1.92. The highest BCUT2D eigenvalue weighted by atomic mass is 35.5. The van der Waals surface area contributed by atoms with E-state index in [1.807, 2.05) is 6.92 Å². The van der Waals surface area contributed by atoms with Crippen molar-refractivity contribution in [1.82, 2.24) is 0 Å². The molecule has 0 heterocycles. The number of aliphatic hydroxyl groups excluding tert-OH is 1. The third kappa shape index (κ3) is 4.16. The molecule has 0 aliphatic carbocycles. The van der Waals surface area contributed by atoms with Crippen LogP contribution in [-0.4, -0.2) is 30.5 Å². The van der Waals surface area contributed by atoms with Gasteiger partial charge in [0, 0.05) is 12.1 Å². The SMILES string of the molecule is CCC[C@H](O)[C@H](N)c1c(OC)cc(O)cc1OC.Cl. The fraction of sp³-hybridized carbons (Fsp3) is 0.538. The van der Waals surface area contributed by atoms with Gasteiger partial charge in [0.15, 0.2) is 0 Å². The molecule has 0 aliphatic heterocycles. The van der Waals surface area contributed by atoms with Crippen molar-refractivity contribution in [2.24, 2.45) is 5.73 Å². The Labute approximate surface area is 119 Å². The van der Waals surface area contributed by atoms with Crippen molar-refractivity contribution >= 4 is 12.4 Å². The number of aliphatic hydroxyl groups is 1. The number of benzene rings is 1. The number of methoxy groups -OCH3 is 2. The Hall–Kier alpha value is -1.17. The van der Waals surface area contributed by atoms with E-state index in [1.165, 1.54) is 26.4 Å². The first-order valence-corrected chi connectivity index (χ1v) is 5.93. The second-order valence-electron chi connectivity index (χ2n) is 4.15. The third-order valence-corrected chi connectivity index (χ3v) is 2.86. The van der Waals surface area contributed by atoms with E-state index in [4.69, 9.17) is 15.2 Å². The second kappa shape index (κ2) is 8.09. The molecule has 0 unspecified atom stereocenters. The first-order chi connectivity index (χ1) is 8.54. The Kier molecular flexibility index (Phi) is 7.59. The molecule has 2 atom stereocenters. The molecule has 0 radical (unpaired) electrons. The monoisotopic (exact) mass is 291 g/mol. The molecule has 0 fully saturated rings. The molecular weight excluding hydrogens is 270 g/mol. The van der Waals surface area contributed by atoms with Crippen LogP contribution in [0, 0.1) is 0 Å². The van der Waals surface area contributed by atoms with Crippen LogP contribution in [0.2, 0.25) is 0 Å². The number of hydrogen-bond donors (Lipinski definition) is 3. The molecule has 19 heavy (non-hydrogen) atoms. The van der Waals surface area contributed by atoms with E-state index in [2.05, 4.69) is 0 Å². The lowest BCUT2D eigenvalue weighted by Gasteiger charge is -2.23. The van der Waals surface area contributed by atoms with Gasteiger partial charge in [-0.2, -0.15) is 0 Å². The van der Waals surface area contributed by atoms with E-state index in [1.54, 1.807) is 0 Å². The number of phenols is 1. The molecule has 0 aliphatic rings. The second-order valence-corrected chi connectivity index (χ2v) is 4.15. The zero-order valence-corrected chi connectivity index (χ0v) is 12.2. The third-order valence-electron chi connectivity index (χ3n) is 2.86. The van der Waals surface area contributed by atoms with Gasteiger partial charge in [0.25, 0.3) is 0 Å². The van der Waals surface area contributed by atoms with Gasteiger partial charge in [-0.15, -0.1) is 12.4 Å². The first-order valence-electron chi connectivity index (χ1n) is 5.93. The van der Waals surface area contributed by atoms with E-state index < -0.39 is 12.1 Å². The number of ether oxygens (including phenoxy) is 2. The van der Waals surface area contributed by atoms with Crippen molar-refractivity contribution in [3.05, 3.63) is 17.7 Å². The van der Waals surface area contributed by atoms with Crippen LogP contribution in [0.1, 0.15) is 31.4 Å². The minimum atomic E-state index is -0.678. The maximum Gasteiger partial charge on any atom is 0.131 e. The standard InChI is InChI=1S/C13H21NO4.ClH/c1-4-5-9(16)13(14)12-10(17-2)6-8(15)7-11(12)18-3;/h6-7,9,13,15-16H,4-5,14H2,1-3H3;1H/t9-,13-;/m0./s1. The van der Waals surface area contributed by atoms with Crippen LogP contribution in [0.3, 0.4) is 0 Å². The van der Waals surface area contributed by atoms with E-state index >= 15 is 0 Å². The van der Waals surface area contributed by atoms with Crippen molar-refractivity contribution < 1.29 is 19.7 Å². The van der Waals surface area contributed by atoms with Gasteiger partial charge in [-0.1, -0.05) is 13.3 Å². The van der Waals surface area contributed by atoms with Gasteiger partial charge < -0.3 is 25.4 Å². The molecule has 0 spiro atoms. The summed E-state index contributed by atoms with van der Waals surface area (Å²) in [5.74, 6) is 0.855. The Morgan fingerprint density at radius 2 is 1.68 bits per heavy atom. The van der Waals surface area contributed by atoms with Gasteiger partial charge in [-0.25, -0.2) is 0 Å². The van der Waals surface area contributed by atoms with E-state index in [0.717, 1.165) is 6.42 Å². The summed E-state index contributed by atoms with van der Waals surface area (Å²) in [5.41, 5.74) is 6.60. The first kappa shape index (κ1) is 17.8. The van der Waals surface area contributed by atoms with Crippen LogP contribution in [0.4, 0.5) is 0 Å². The molecule has 0 saturated heterocycles. The summed E-state index contributed by atoms with van der Waals surface area (Å²) >= 11 is 0. The van der Waals surface area contributed by atoms with Crippen LogP contribution in [0.25, 0.3) is 0 Å². The zero-order valence-electron chi connectivity index (χ0n) is 11.4. The lowest BCUT2D eigenvalue weighted by Crippen LogP contribution is -2.27. The molecule has 0 aromatic heterocycles. The van der Waals surface area contributed by atoms with Gasteiger partial charge in [-0.3, -0.25) is 0 Å². The molecule has 1 rings (SSSR count). The summed E-state index contributed by atoms with van der Waals surface area (Å²) in [6.07, 6.45) is 0.744. The molecule has 110 valence electrons. The highest BCUT2D eigenvalue weighted by Gasteiger charge is 2.24. The number of phenolic OH excluding ortho intramolecular Hbond substituents is 1. The number of halogens is 1. The normalized spacial score (nSPS) is 13.3. The summed E-state index contributed by atoms with van der Waals surface area (Å²) in [4.78, 5) is 0. The van der Waals surface area contributed by atoms with Gasteiger partial charge in [0.1, 0.15) is 17.2 Å². The van der Waals surface area contributed by atoms with Gasteiger partial charge in [-0.05, 0) is 6.42 Å². The van der Waals surface area contributed by atoms with Crippen molar-refractivity contribution in [2.75, 3.05) is 14.2 Å². The van der Waals surface area contributed by atoms with Crippen LogP contribution in [0.15, 0.2) is 12.1 Å². The quantitative estimate of drug-likeness (QED) is 0.746. The predicted octanol–water partition coefficient (Wildman–Crippen LogP) is 1.99. The average molecular weight is 292 g/mol. The maximum absolute atomic E-state index is 9.98. The predicted molar refractivity (Wildman–Crippen MR) is 76.3 cm³/mol. The largest absolute Gasteiger partial charge is 0.508 e. The van der Waals surface area contributed by atoms with Crippen LogP contribution < -0.4 is 15.2 Å². The highest BCUT2D eigenvalue weighted by molar-refractivity contribution is 5.85. The minimum absolute atomic E-state index is 0. The lowest BCUT2D eigenvalue weighted by atomic mass is 9.97. The van der Waals surface area contributed by atoms with E-state index in [-0.39, 0.29) is 18.2 Å². The van der Waals surface area contributed by atoms with Gasteiger partial charge in [0.05, 0.1) is 31.9 Å². The number of hydrogen-bond acceptors (Lipinski definition) is 5. The van der Waals surface area contributed by atoms with Crippen molar-refractivity contribution in [2.45, 2.75) is 31.9 Å². The van der Waals surface area contributed by atoms with Crippen molar-refractivity contribution in [1.29, 1.82) is 0 Å². The Bertz CT molecular complexity index is 375. The molecule has 0 saturated carbocycles. The van der Waals surface area contributed by atoms with Crippen LogP contribution in [-0.2, 0) is 0 Å². The Balaban J connectivity index is 0.00000324. The smallest absolute Gasteiger partial charge is 0.131 e. The van der Waals surface area contributed by atoms with Crippen LogP contribution in [0.5, 0.6) is 17.2 Å². The molecular formula is C13H22ClNO4. The summed E-state index contributed by atoms with van der Waals surface area (Å²) in [6, 6.07) is 2.29. The van der Waals surface area contributed by atoms with Crippen molar-refractivity contribution in [3.63, 3.8) is 0 Å². The lowest BCUT2D eigenvalue weighted by molar-refractivity contribution is 0.131. The molecule has 0 amide bonds. The maximum atomic E-state index is 9.98. The molecule has 6 heteroatoms. The molecule has 1 aromatic carbocycles. The molecule has 4 N–H and O–H groups in total.